The van der Waals surface area contributed by atoms with Gasteiger partial charge in [-0.1, -0.05) is 0 Å². The Morgan fingerprint density at radius 2 is 2.24 bits per heavy atom. The van der Waals surface area contributed by atoms with Crippen molar-refractivity contribution in [2.45, 2.75) is 45.1 Å². The van der Waals surface area contributed by atoms with Crippen molar-refractivity contribution in [1.29, 1.82) is 0 Å². The van der Waals surface area contributed by atoms with E-state index in [0.717, 1.165) is 18.7 Å². The first-order chi connectivity index (χ1) is 9.95. The van der Waals surface area contributed by atoms with Gasteiger partial charge >= 0.3 is 0 Å². The Labute approximate surface area is 125 Å². The molecule has 1 aromatic heterocycles. The van der Waals surface area contributed by atoms with Crippen LogP contribution in [0.25, 0.3) is 0 Å². The van der Waals surface area contributed by atoms with Gasteiger partial charge in [0.05, 0.1) is 12.4 Å². The third-order valence-corrected chi connectivity index (χ3v) is 5.76. The minimum atomic E-state index is -3.37. The van der Waals surface area contributed by atoms with Gasteiger partial charge in [-0.15, -0.1) is 10.2 Å². The summed E-state index contributed by atoms with van der Waals surface area (Å²) in [6.07, 6.45) is 3.45. The van der Waals surface area contributed by atoms with E-state index >= 15 is 0 Å². The summed E-state index contributed by atoms with van der Waals surface area (Å²) in [4.78, 5) is 0. The molecule has 1 unspecified atom stereocenters. The van der Waals surface area contributed by atoms with Gasteiger partial charge in [-0.3, -0.25) is 4.39 Å². The number of halogens is 1. The Hall–Kier alpha value is -1.02. The number of alkyl halides is 1. The maximum absolute atomic E-state index is 12.2. The zero-order valence-electron chi connectivity index (χ0n) is 12.6. The topological polar surface area (TPSA) is 68.1 Å². The first-order valence-electron chi connectivity index (χ1n) is 7.39. The first kappa shape index (κ1) is 16.4. The molecule has 1 aromatic rings. The summed E-state index contributed by atoms with van der Waals surface area (Å²) >= 11 is 0. The van der Waals surface area contributed by atoms with Crippen LogP contribution in [0.1, 0.15) is 50.9 Å². The van der Waals surface area contributed by atoms with Crippen LogP contribution in [0, 0.1) is 0 Å². The molecular weight excluding hydrogens is 295 g/mol. The number of aromatic nitrogens is 3. The number of nitrogens with zero attached hydrogens (tertiary/aromatic N) is 4. The fraction of sp³-hybridized carbons (Fsp3) is 0.846. The summed E-state index contributed by atoms with van der Waals surface area (Å²) < 4.78 is 40.1. The fourth-order valence-electron chi connectivity index (χ4n) is 2.71. The van der Waals surface area contributed by atoms with Gasteiger partial charge in [0, 0.05) is 25.0 Å². The summed E-state index contributed by atoms with van der Waals surface area (Å²) in [6.45, 7) is 4.43. The monoisotopic (exact) mass is 318 g/mol. The lowest BCUT2D eigenvalue weighted by Crippen LogP contribution is -2.41. The molecule has 1 atom stereocenters. The molecule has 0 aromatic carbocycles. The van der Waals surface area contributed by atoms with Crippen molar-refractivity contribution in [3.8, 4) is 0 Å². The zero-order chi connectivity index (χ0) is 15.5. The summed E-state index contributed by atoms with van der Waals surface area (Å²) in [6, 6.07) is 0.244. The van der Waals surface area contributed by atoms with Crippen molar-refractivity contribution in [2.75, 3.05) is 25.5 Å². The highest BCUT2D eigenvalue weighted by molar-refractivity contribution is 7.89. The van der Waals surface area contributed by atoms with Crippen LogP contribution in [-0.2, 0) is 10.0 Å². The lowest BCUT2D eigenvalue weighted by atomic mass is 9.98. The maximum atomic E-state index is 12.2. The van der Waals surface area contributed by atoms with Gasteiger partial charge < -0.3 is 4.57 Å². The molecule has 1 aliphatic rings. The van der Waals surface area contributed by atoms with E-state index in [-0.39, 0.29) is 24.1 Å². The second kappa shape index (κ2) is 6.83. The van der Waals surface area contributed by atoms with Crippen LogP contribution in [0.3, 0.4) is 0 Å². The molecule has 6 nitrogen and oxygen atoms in total. The van der Waals surface area contributed by atoms with E-state index in [2.05, 4.69) is 10.2 Å². The molecule has 120 valence electrons. The van der Waals surface area contributed by atoms with Crippen molar-refractivity contribution in [2.24, 2.45) is 0 Å². The highest BCUT2D eigenvalue weighted by Crippen LogP contribution is 2.28. The van der Waals surface area contributed by atoms with Crippen molar-refractivity contribution in [3.05, 3.63) is 12.2 Å². The van der Waals surface area contributed by atoms with E-state index in [1.807, 2.05) is 18.4 Å². The summed E-state index contributed by atoms with van der Waals surface area (Å²) in [5.41, 5.74) is 0. The van der Waals surface area contributed by atoms with E-state index in [4.69, 9.17) is 0 Å². The maximum Gasteiger partial charge on any atom is 0.214 e. The number of piperidine rings is 1. The molecule has 0 bridgehead atoms. The number of hydrogen-bond acceptors (Lipinski definition) is 4. The average molecular weight is 318 g/mol. The third-order valence-electron chi connectivity index (χ3n) is 3.84. The molecule has 1 saturated heterocycles. The highest BCUT2D eigenvalue weighted by Gasteiger charge is 2.31. The second-order valence-electron chi connectivity index (χ2n) is 5.75. The van der Waals surface area contributed by atoms with Crippen molar-refractivity contribution in [1.82, 2.24) is 19.1 Å². The number of hydrogen-bond donors (Lipinski definition) is 0. The Kier molecular flexibility index (Phi) is 5.32. The second-order valence-corrected chi connectivity index (χ2v) is 7.83. The SMILES string of the molecule is CC(C)n1cnnc1C1CCCN(S(=O)(=O)CCCF)C1. The van der Waals surface area contributed by atoms with Gasteiger partial charge in [0.15, 0.2) is 0 Å². The van der Waals surface area contributed by atoms with Crippen LogP contribution in [0.2, 0.25) is 0 Å². The number of sulfonamides is 1. The van der Waals surface area contributed by atoms with Gasteiger partial charge in [0.1, 0.15) is 12.2 Å². The van der Waals surface area contributed by atoms with E-state index < -0.39 is 16.7 Å². The van der Waals surface area contributed by atoms with E-state index in [1.54, 1.807) is 6.33 Å². The molecule has 8 heteroatoms. The van der Waals surface area contributed by atoms with E-state index in [9.17, 15) is 12.8 Å². The van der Waals surface area contributed by atoms with Crippen LogP contribution in [0.15, 0.2) is 6.33 Å². The molecule has 0 radical (unpaired) electrons. The molecule has 0 amide bonds. The van der Waals surface area contributed by atoms with Gasteiger partial charge in [0.25, 0.3) is 0 Å². The molecule has 0 spiro atoms. The lowest BCUT2D eigenvalue weighted by molar-refractivity contribution is 0.301. The van der Waals surface area contributed by atoms with Crippen LogP contribution >= 0.6 is 0 Å². The van der Waals surface area contributed by atoms with Gasteiger partial charge in [-0.25, -0.2) is 12.7 Å². The molecule has 2 heterocycles. The molecule has 1 aliphatic heterocycles. The molecule has 2 rings (SSSR count). The third kappa shape index (κ3) is 3.79. The Morgan fingerprint density at radius 1 is 1.48 bits per heavy atom. The Balaban J connectivity index is 2.12. The van der Waals surface area contributed by atoms with Gasteiger partial charge in [-0.2, -0.15) is 0 Å². The summed E-state index contributed by atoms with van der Waals surface area (Å²) in [5.74, 6) is 0.784. The highest BCUT2D eigenvalue weighted by atomic mass is 32.2. The zero-order valence-corrected chi connectivity index (χ0v) is 13.4. The first-order valence-corrected chi connectivity index (χ1v) is 9.00. The Morgan fingerprint density at radius 3 is 2.90 bits per heavy atom. The fourth-order valence-corrected chi connectivity index (χ4v) is 4.26. The number of rotatable bonds is 6. The molecular formula is C13H23FN4O2S. The van der Waals surface area contributed by atoms with Crippen molar-refractivity contribution >= 4 is 10.0 Å². The van der Waals surface area contributed by atoms with Crippen LogP contribution in [0.5, 0.6) is 0 Å². The van der Waals surface area contributed by atoms with Gasteiger partial charge in [-0.05, 0) is 33.1 Å². The summed E-state index contributed by atoms with van der Waals surface area (Å²) in [5, 5.41) is 8.12. The van der Waals surface area contributed by atoms with Crippen LogP contribution < -0.4 is 0 Å². The predicted octanol–water partition coefficient (Wildman–Crippen LogP) is 1.73. The average Bonchev–Trinajstić information content (AvgIpc) is 2.95. The van der Waals surface area contributed by atoms with E-state index in [0.29, 0.717) is 13.1 Å². The van der Waals surface area contributed by atoms with Crippen LogP contribution in [-0.4, -0.2) is 53.0 Å². The smallest absolute Gasteiger partial charge is 0.214 e. The predicted molar refractivity (Wildman–Crippen MR) is 78.3 cm³/mol. The standard InChI is InChI=1S/C13H23FN4O2S/c1-11(2)18-10-15-16-13(18)12-5-3-7-17(9-12)21(19,20)8-4-6-14/h10-12H,3-9H2,1-2H3. The minimum absolute atomic E-state index is 0.0591. The molecule has 21 heavy (non-hydrogen) atoms. The molecule has 0 N–H and O–H groups in total. The molecule has 0 saturated carbocycles. The minimum Gasteiger partial charge on any atom is -0.315 e. The van der Waals surface area contributed by atoms with Crippen LogP contribution in [0.4, 0.5) is 4.39 Å². The quantitative estimate of drug-likeness (QED) is 0.801. The van der Waals surface area contributed by atoms with Crippen molar-refractivity contribution < 1.29 is 12.8 Å². The largest absolute Gasteiger partial charge is 0.315 e. The van der Waals surface area contributed by atoms with Gasteiger partial charge in [0.2, 0.25) is 10.0 Å². The molecule has 0 aliphatic carbocycles. The Bertz CT molecular complexity index is 558. The molecule has 1 fully saturated rings. The van der Waals surface area contributed by atoms with E-state index in [1.165, 1.54) is 4.31 Å². The van der Waals surface area contributed by atoms with Crippen molar-refractivity contribution in [3.63, 3.8) is 0 Å². The summed E-state index contributed by atoms with van der Waals surface area (Å²) in [7, 11) is -3.37. The lowest BCUT2D eigenvalue weighted by Gasteiger charge is -2.31. The normalized spacial score (nSPS) is 21.0.